The molecule has 0 saturated carbocycles. The predicted octanol–water partition coefficient (Wildman–Crippen LogP) is 5.72. The molecule has 6 N–H and O–H groups in total. The van der Waals surface area contributed by atoms with E-state index < -0.39 is 47.9 Å². The molecule has 0 aliphatic carbocycles. The van der Waals surface area contributed by atoms with Crippen LogP contribution in [0.25, 0.3) is 10.8 Å². The fraction of sp³-hybridized carbons (Fsp3) is 0.524. The Balaban J connectivity index is 1.78. The number of fused-ring (bicyclic) bond motifs is 1. The first kappa shape index (κ1) is 42.9. The second-order valence-electron chi connectivity index (χ2n) is 14.7. The van der Waals surface area contributed by atoms with Crippen molar-refractivity contribution in [3.8, 4) is 0 Å². The molecule has 0 radical (unpaired) electrons. The van der Waals surface area contributed by atoms with Crippen molar-refractivity contribution < 1.29 is 34.1 Å². The Morgan fingerprint density at radius 1 is 0.774 bits per heavy atom. The molecule has 290 valence electrons. The second-order valence-corrected chi connectivity index (χ2v) is 14.7. The molecule has 11 heteroatoms. The summed E-state index contributed by atoms with van der Waals surface area (Å²) in [5.41, 5.74) is 1.58. The third-order valence-electron chi connectivity index (χ3n) is 9.17. The fourth-order valence-corrected chi connectivity index (χ4v) is 6.17. The van der Waals surface area contributed by atoms with Gasteiger partial charge in [0.15, 0.2) is 0 Å². The van der Waals surface area contributed by atoms with Gasteiger partial charge in [0, 0.05) is 24.5 Å². The van der Waals surface area contributed by atoms with Crippen LogP contribution in [0.4, 0.5) is 5.69 Å². The normalized spacial score (nSPS) is 14.2. The molecule has 0 saturated heterocycles. The zero-order valence-corrected chi connectivity index (χ0v) is 32.2. The zero-order valence-electron chi connectivity index (χ0n) is 32.2. The standard InChI is InChI=1S/C42H60N4O7/c1-7-8-18-35(41(51)46-36(23-27(2)3)37(48)24-32(21-22-47)40(50)43-25-28(4)5)45-39(49)29(6)44-38-33-17-13-12-16-31(33)19-20-34(38)42(52)53-26-30-14-10-9-11-15-30/h9-17,19-20,27-29,32,35-37,44,47-48H,7-8,18,21-26H2,1-6H3,(H,43,50)(H,45,49)(H,46,51)/t29?,32?,35-,36-,37-/m0/s1. The van der Waals surface area contributed by atoms with E-state index in [9.17, 15) is 29.4 Å². The number of hydrogen-bond donors (Lipinski definition) is 6. The van der Waals surface area contributed by atoms with E-state index in [4.69, 9.17) is 4.74 Å². The molecule has 3 aromatic carbocycles. The van der Waals surface area contributed by atoms with Gasteiger partial charge in [-0.15, -0.1) is 0 Å². The van der Waals surface area contributed by atoms with Gasteiger partial charge in [0.1, 0.15) is 18.7 Å². The number of aliphatic hydroxyl groups excluding tert-OH is 2. The number of rotatable bonds is 22. The van der Waals surface area contributed by atoms with Crippen LogP contribution in [0.1, 0.15) is 96.0 Å². The molecule has 3 aromatic rings. The van der Waals surface area contributed by atoms with Crippen molar-refractivity contribution in [1.29, 1.82) is 0 Å². The number of ether oxygens (including phenoxy) is 1. The fourth-order valence-electron chi connectivity index (χ4n) is 6.17. The maximum absolute atomic E-state index is 13.9. The van der Waals surface area contributed by atoms with E-state index in [1.54, 1.807) is 13.0 Å². The molecular formula is C42H60N4O7. The summed E-state index contributed by atoms with van der Waals surface area (Å²) in [6.07, 6.45) is 1.49. The first-order chi connectivity index (χ1) is 25.3. The molecule has 5 atom stereocenters. The molecule has 11 nitrogen and oxygen atoms in total. The minimum atomic E-state index is -1.06. The Kier molecular flexibility index (Phi) is 17.7. The van der Waals surface area contributed by atoms with Crippen LogP contribution in [0.3, 0.4) is 0 Å². The average Bonchev–Trinajstić information content (AvgIpc) is 3.14. The van der Waals surface area contributed by atoms with Gasteiger partial charge in [-0.1, -0.05) is 108 Å². The van der Waals surface area contributed by atoms with Gasteiger partial charge in [0.2, 0.25) is 17.7 Å². The second kappa shape index (κ2) is 21.9. The number of amides is 3. The Morgan fingerprint density at radius 3 is 2.13 bits per heavy atom. The Hall–Kier alpha value is -4.48. The number of unbranched alkanes of at least 4 members (excludes halogenated alkanes) is 1. The summed E-state index contributed by atoms with van der Waals surface area (Å²) in [6, 6.07) is 18.0. The summed E-state index contributed by atoms with van der Waals surface area (Å²) < 4.78 is 5.65. The lowest BCUT2D eigenvalue weighted by atomic mass is 9.89. The number of benzene rings is 3. The molecule has 0 heterocycles. The van der Waals surface area contributed by atoms with Crippen molar-refractivity contribution in [2.45, 2.75) is 111 Å². The molecule has 0 bridgehead atoms. The van der Waals surface area contributed by atoms with Crippen molar-refractivity contribution >= 4 is 40.2 Å². The van der Waals surface area contributed by atoms with Crippen molar-refractivity contribution in [2.24, 2.45) is 17.8 Å². The molecule has 0 aliphatic rings. The van der Waals surface area contributed by atoms with E-state index in [1.165, 1.54) is 0 Å². The molecule has 53 heavy (non-hydrogen) atoms. The van der Waals surface area contributed by atoms with Gasteiger partial charge in [0.25, 0.3) is 0 Å². The minimum absolute atomic E-state index is 0.0657. The van der Waals surface area contributed by atoms with Crippen LogP contribution in [0.15, 0.2) is 66.7 Å². The highest BCUT2D eigenvalue weighted by Gasteiger charge is 2.31. The molecule has 2 unspecified atom stereocenters. The number of hydrogen-bond acceptors (Lipinski definition) is 8. The van der Waals surface area contributed by atoms with E-state index in [-0.39, 0.29) is 49.4 Å². The molecular weight excluding hydrogens is 672 g/mol. The summed E-state index contributed by atoms with van der Waals surface area (Å²) in [5.74, 6) is -1.92. The van der Waals surface area contributed by atoms with Crippen molar-refractivity contribution in [2.75, 3.05) is 18.5 Å². The topological polar surface area (TPSA) is 166 Å². The van der Waals surface area contributed by atoms with Gasteiger partial charge < -0.3 is 36.2 Å². The van der Waals surface area contributed by atoms with Gasteiger partial charge >= 0.3 is 5.97 Å². The van der Waals surface area contributed by atoms with Crippen LogP contribution < -0.4 is 21.3 Å². The van der Waals surface area contributed by atoms with E-state index in [0.29, 0.717) is 31.5 Å². The molecule has 3 rings (SSSR count). The Bertz CT molecular complexity index is 1610. The first-order valence-electron chi connectivity index (χ1n) is 19.0. The van der Waals surface area contributed by atoms with Crippen LogP contribution in [-0.4, -0.2) is 71.3 Å². The maximum atomic E-state index is 13.9. The molecule has 0 fully saturated rings. The summed E-state index contributed by atoms with van der Waals surface area (Å²) >= 11 is 0. The quantitative estimate of drug-likeness (QED) is 0.0714. The van der Waals surface area contributed by atoms with Crippen LogP contribution in [0.5, 0.6) is 0 Å². The largest absolute Gasteiger partial charge is 0.457 e. The molecule has 3 amide bonds. The predicted molar refractivity (Wildman–Crippen MR) is 209 cm³/mol. The van der Waals surface area contributed by atoms with Gasteiger partial charge in [-0.25, -0.2) is 4.79 Å². The van der Waals surface area contributed by atoms with Crippen LogP contribution in [0, 0.1) is 17.8 Å². The highest BCUT2D eigenvalue weighted by atomic mass is 16.5. The van der Waals surface area contributed by atoms with Gasteiger partial charge in [-0.3, -0.25) is 14.4 Å². The minimum Gasteiger partial charge on any atom is -0.457 e. The van der Waals surface area contributed by atoms with Crippen LogP contribution in [0.2, 0.25) is 0 Å². The van der Waals surface area contributed by atoms with Crippen LogP contribution in [-0.2, 0) is 25.7 Å². The Morgan fingerprint density at radius 2 is 1.47 bits per heavy atom. The monoisotopic (exact) mass is 732 g/mol. The van der Waals surface area contributed by atoms with Crippen molar-refractivity contribution in [3.05, 3.63) is 77.9 Å². The van der Waals surface area contributed by atoms with Gasteiger partial charge in [-0.2, -0.15) is 0 Å². The lowest BCUT2D eigenvalue weighted by Gasteiger charge is -2.30. The zero-order chi connectivity index (χ0) is 38.9. The first-order valence-corrected chi connectivity index (χ1v) is 19.0. The van der Waals surface area contributed by atoms with E-state index in [2.05, 4.69) is 21.3 Å². The molecule has 0 spiro atoms. The molecule has 0 aromatic heterocycles. The summed E-state index contributed by atoms with van der Waals surface area (Å²) in [6.45, 7) is 12.0. The lowest BCUT2D eigenvalue weighted by Crippen LogP contribution is -2.55. The number of anilines is 1. The summed E-state index contributed by atoms with van der Waals surface area (Å²) in [4.78, 5) is 53.9. The van der Waals surface area contributed by atoms with Gasteiger partial charge in [0.05, 0.1) is 23.4 Å². The SMILES string of the molecule is CCCC[C@H](NC(=O)C(C)Nc1c(C(=O)OCc2ccccc2)ccc2ccccc12)C(=O)N[C@@H](CC(C)C)[C@@H](O)CC(CCO)C(=O)NCC(C)C. The summed E-state index contributed by atoms with van der Waals surface area (Å²) in [7, 11) is 0. The molecule has 0 aliphatic heterocycles. The van der Waals surface area contributed by atoms with Crippen LogP contribution >= 0.6 is 0 Å². The highest BCUT2D eigenvalue weighted by Crippen LogP contribution is 2.29. The van der Waals surface area contributed by atoms with E-state index >= 15 is 0 Å². The highest BCUT2D eigenvalue weighted by molar-refractivity contribution is 6.07. The third-order valence-corrected chi connectivity index (χ3v) is 9.17. The van der Waals surface area contributed by atoms with Crippen molar-refractivity contribution in [1.82, 2.24) is 16.0 Å². The number of carbonyl (C=O) groups is 4. The number of carbonyl (C=O) groups excluding carboxylic acids is 4. The third kappa shape index (κ3) is 13.8. The number of aliphatic hydroxyl groups is 2. The average molecular weight is 733 g/mol. The van der Waals surface area contributed by atoms with Gasteiger partial charge in [-0.05, 0) is 61.5 Å². The number of nitrogens with one attached hydrogen (secondary N) is 4. The maximum Gasteiger partial charge on any atom is 0.340 e. The van der Waals surface area contributed by atoms with E-state index in [0.717, 1.165) is 22.8 Å². The number of esters is 1. The Labute approximate surface area is 314 Å². The van der Waals surface area contributed by atoms with Crippen molar-refractivity contribution in [3.63, 3.8) is 0 Å². The van der Waals surface area contributed by atoms with E-state index in [1.807, 2.05) is 95.3 Å². The summed E-state index contributed by atoms with van der Waals surface area (Å²) in [5, 5.41) is 34.6. The lowest BCUT2D eigenvalue weighted by molar-refractivity contribution is -0.130. The smallest absolute Gasteiger partial charge is 0.340 e.